The summed E-state index contributed by atoms with van der Waals surface area (Å²) in [6.07, 6.45) is 6.65. The highest BCUT2D eigenvalue weighted by molar-refractivity contribution is 6.23. The first kappa shape index (κ1) is 14.1. The summed E-state index contributed by atoms with van der Waals surface area (Å²) < 4.78 is 10.6. The molecular weight excluding hydrogens is 306 g/mol. The number of rotatable bonds is 3. The van der Waals surface area contributed by atoms with Gasteiger partial charge in [0.15, 0.2) is 0 Å². The molecule has 4 aliphatic rings. The maximum absolute atomic E-state index is 13.1. The zero-order valence-corrected chi connectivity index (χ0v) is 13.7. The largest absolute Gasteiger partial charge is 0.497 e. The molecule has 3 aliphatic carbocycles. The predicted octanol–water partition coefficient (Wildman–Crippen LogP) is 2.41. The molecule has 1 aromatic rings. The average Bonchev–Trinajstić information content (AvgIpc) is 3.20. The summed E-state index contributed by atoms with van der Waals surface area (Å²) in [6.45, 7) is 0. The van der Waals surface area contributed by atoms with Crippen LogP contribution < -0.4 is 14.4 Å². The minimum Gasteiger partial charge on any atom is -0.497 e. The lowest BCUT2D eigenvalue weighted by Crippen LogP contribution is -2.35. The molecule has 0 radical (unpaired) electrons. The van der Waals surface area contributed by atoms with E-state index in [9.17, 15) is 9.59 Å². The molecule has 3 fully saturated rings. The van der Waals surface area contributed by atoms with Crippen LogP contribution in [0.1, 0.15) is 12.8 Å². The third-order valence-electron chi connectivity index (χ3n) is 6.48. The van der Waals surface area contributed by atoms with Crippen molar-refractivity contribution < 1.29 is 19.1 Å². The van der Waals surface area contributed by atoms with Gasteiger partial charge in [-0.2, -0.15) is 0 Å². The van der Waals surface area contributed by atoms with Gasteiger partial charge in [0, 0.05) is 6.07 Å². The van der Waals surface area contributed by atoms with Crippen LogP contribution in [0, 0.1) is 29.1 Å². The Kier molecular flexibility index (Phi) is 2.58. The Hall–Kier alpha value is -2.30. The molecule has 1 aliphatic heterocycles. The molecule has 0 unspecified atom stereocenters. The van der Waals surface area contributed by atoms with Crippen molar-refractivity contribution in [3.8, 4) is 11.5 Å². The molecule has 2 amide bonds. The van der Waals surface area contributed by atoms with Crippen LogP contribution in [0.4, 0.5) is 5.69 Å². The summed E-state index contributed by atoms with van der Waals surface area (Å²) in [4.78, 5) is 27.6. The van der Waals surface area contributed by atoms with Crippen LogP contribution in [0.3, 0.4) is 0 Å². The Morgan fingerprint density at radius 2 is 1.62 bits per heavy atom. The van der Waals surface area contributed by atoms with E-state index in [2.05, 4.69) is 12.2 Å². The number of hydrogen-bond acceptors (Lipinski definition) is 4. The molecular formula is C19H19NO4. The van der Waals surface area contributed by atoms with Gasteiger partial charge < -0.3 is 9.47 Å². The second kappa shape index (κ2) is 4.41. The monoisotopic (exact) mass is 325 g/mol. The Labute approximate surface area is 140 Å². The van der Waals surface area contributed by atoms with Gasteiger partial charge in [-0.15, -0.1) is 0 Å². The number of nitrogens with zero attached hydrogens (tertiary/aromatic N) is 1. The average molecular weight is 325 g/mol. The summed E-state index contributed by atoms with van der Waals surface area (Å²) in [5.74, 6) is 1.05. The van der Waals surface area contributed by atoms with Gasteiger partial charge in [-0.1, -0.05) is 12.2 Å². The van der Waals surface area contributed by atoms with Crippen LogP contribution in [-0.2, 0) is 9.59 Å². The number of amides is 2. The van der Waals surface area contributed by atoms with Gasteiger partial charge >= 0.3 is 0 Å². The number of benzene rings is 1. The first-order valence-corrected chi connectivity index (χ1v) is 8.40. The lowest BCUT2D eigenvalue weighted by molar-refractivity contribution is -0.123. The lowest BCUT2D eigenvalue weighted by atomic mass is 9.85. The normalized spacial score (nSPS) is 34.2. The van der Waals surface area contributed by atoms with E-state index in [1.165, 1.54) is 12.0 Å². The summed E-state index contributed by atoms with van der Waals surface area (Å²) >= 11 is 0. The molecule has 5 rings (SSSR count). The number of anilines is 1. The van der Waals surface area contributed by atoms with Crippen molar-refractivity contribution in [3.63, 3.8) is 0 Å². The topological polar surface area (TPSA) is 55.8 Å². The van der Waals surface area contributed by atoms with Crippen molar-refractivity contribution in [2.45, 2.75) is 12.8 Å². The molecule has 1 aromatic carbocycles. The van der Waals surface area contributed by atoms with Gasteiger partial charge in [0.1, 0.15) is 11.5 Å². The number of imide groups is 1. The third kappa shape index (κ3) is 1.46. The van der Waals surface area contributed by atoms with E-state index in [0.29, 0.717) is 17.2 Å². The maximum Gasteiger partial charge on any atom is 0.238 e. The van der Waals surface area contributed by atoms with Gasteiger partial charge in [0.25, 0.3) is 0 Å². The first-order valence-electron chi connectivity index (χ1n) is 8.40. The second-order valence-corrected chi connectivity index (χ2v) is 7.27. The van der Waals surface area contributed by atoms with Gasteiger partial charge in [-0.05, 0) is 42.2 Å². The quantitative estimate of drug-likeness (QED) is 0.632. The summed E-state index contributed by atoms with van der Waals surface area (Å²) in [7, 11) is 3.11. The summed E-state index contributed by atoms with van der Waals surface area (Å²) in [6, 6.07) is 5.19. The number of allylic oxidation sites excluding steroid dienone is 2. The van der Waals surface area contributed by atoms with E-state index in [0.717, 1.165) is 12.8 Å². The van der Waals surface area contributed by atoms with Crippen LogP contribution in [0.25, 0.3) is 0 Å². The van der Waals surface area contributed by atoms with Gasteiger partial charge in [-0.3, -0.25) is 9.59 Å². The van der Waals surface area contributed by atoms with Crippen molar-refractivity contribution in [2.75, 3.05) is 19.1 Å². The molecule has 4 atom stereocenters. The van der Waals surface area contributed by atoms with Crippen molar-refractivity contribution in [2.24, 2.45) is 29.1 Å². The summed E-state index contributed by atoms with van der Waals surface area (Å²) in [5.41, 5.74) is 0.739. The highest BCUT2D eigenvalue weighted by Crippen LogP contribution is 2.73. The molecule has 24 heavy (non-hydrogen) atoms. The van der Waals surface area contributed by atoms with E-state index < -0.39 is 0 Å². The van der Waals surface area contributed by atoms with E-state index in [1.54, 1.807) is 25.3 Å². The minimum absolute atomic E-state index is 0.0726. The minimum atomic E-state index is -0.193. The Morgan fingerprint density at radius 3 is 2.12 bits per heavy atom. The number of hydrogen-bond donors (Lipinski definition) is 0. The smallest absolute Gasteiger partial charge is 0.238 e. The number of fused-ring (bicyclic) bond motifs is 3. The molecule has 2 saturated carbocycles. The highest BCUT2D eigenvalue weighted by atomic mass is 16.5. The van der Waals surface area contributed by atoms with E-state index >= 15 is 0 Å². The second-order valence-electron chi connectivity index (χ2n) is 7.27. The zero-order chi connectivity index (χ0) is 16.6. The Bertz CT molecular complexity index is 761. The Morgan fingerprint density at radius 1 is 1.00 bits per heavy atom. The van der Waals surface area contributed by atoms with Crippen molar-refractivity contribution in [1.29, 1.82) is 0 Å². The number of carbonyl (C=O) groups is 2. The molecule has 5 heteroatoms. The molecule has 124 valence electrons. The highest BCUT2D eigenvalue weighted by Gasteiger charge is 2.73. The third-order valence-corrected chi connectivity index (χ3v) is 6.48. The number of ether oxygens (including phenoxy) is 2. The van der Waals surface area contributed by atoms with Crippen LogP contribution in [-0.4, -0.2) is 26.0 Å². The number of methoxy groups -OCH3 is 2. The molecule has 5 nitrogen and oxygen atoms in total. The van der Waals surface area contributed by atoms with Crippen LogP contribution >= 0.6 is 0 Å². The summed E-state index contributed by atoms with van der Waals surface area (Å²) in [5, 5.41) is 0. The SMILES string of the molecule is COc1ccc(N2C(=O)[C@H]3[C@H](C2=O)[C@H]2C=C[C@H]3C23CC3)c(OC)c1. The molecule has 1 heterocycles. The fourth-order valence-corrected chi connectivity index (χ4v) is 5.29. The molecule has 1 spiro atoms. The van der Waals surface area contributed by atoms with Crippen LogP contribution in [0.5, 0.6) is 11.5 Å². The molecule has 0 aromatic heterocycles. The van der Waals surface area contributed by atoms with E-state index in [-0.39, 0.29) is 40.9 Å². The molecule has 1 saturated heterocycles. The van der Waals surface area contributed by atoms with Crippen molar-refractivity contribution in [1.82, 2.24) is 0 Å². The van der Waals surface area contributed by atoms with Crippen molar-refractivity contribution in [3.05, 3.63) is 30.4 Å². The van der Waals surface area contributed by atoms with Crippen LogP contribution in [0.2, 0.25) is 0 Å². The Balaban J connectivity index is 1.56. The number of carbonyl (C=O) groups excluding carboxylic acids is 2. The van der Waals surface area contributed by atoms with E-state index in [4.69, 9.17) is 9.47 Å². The zero-order valence-electron chi connectivity index (χ0n) is 13.7. The van der Waals surface area contributed by atoms with Crippen molar-refractivity contribution >= 4 is 17.5 Å². The van der Waals surface area contributed by atoms with Gasteiger partial charge in [0.05, 0.1) is 31.7 Å². The van der Waals surface area contributed by atoms with Gasteiger partial charge in [-0.25, -0.2) is 4.90 Å². The van der Waals surface area contributed by atoms with E-state index in [1.807, 2.05) is 0 Å². The first-order chi connectivity index (χ1) is 11.6. The standard InChI is InChI=1S/C19H19NO4/c1-23-10-3-6-13(14(9-10)24-2)20-17(21)15-11-4-5-12(16(15)18(20)22)19(11)7-8-19/h3-6,9,11-12,15-16H,7-8H2,1-2H3/t11-,12-,15-,16-/m1/s1. The fraction of sp³-hybridized carbons (Fsp3) is 0.474. The molecule has 0 N–H and O–H groups in total. The maximum atomic E-state index is 13.1. The lowest BCUT2D eigenvalue weighted by Gasteiger charge is -2.23. The molecule has 2 bridgehead atoms. The fourth-order valence-electron chi connectivity index (χ4n) is 5.29. The van der Waals surface area contributed by atoms with Crippen LogP contribution in [0.15, 0.2) is 30.4 Å². The predicted molar refractivity (Wildman–Crippen MR) is 86.8 cm³/mol. The van der Waals surface area contributed by atoms with Gasteiger partial charge in [0.2, 0.25) is 11.8 Å².